The molecule has 1 aromatic rings. The van der Waals surface area contributed by atoms with Crippen molar-refractivity contribution in [2.24, 2.45) is 5.92 Å². The maximum absolute atomic E-state index is 9.01. The van der Waals surface area contributed by atoms with E-state index in [1.165, 1.54) is 30.6 Å². The summed E-state index contributed by atoms with van der Waals surface area (Å²) in [6.45, 7) is 5.04. The van der Waals surface area contributed by atoms with Crippen molar-refractivity contribution in [2.45, 2.75) is 26.2 Å². The van der Waals surface area contributed by atoms with Crippen LogP contribution in [0.15, 0.2) is 24.3 Å². The van der Waals surface area contributed by atoms with Gasteiger partial charge in [0.2, 0.25) is 0 Å². The number of aliphatic hydroxyl groups is 1. The smallest absolute Gasteiger partial charge is 0.0606 e. The minimum atomic E-state index is 0.204. The van der Waals surface area contributed by atoms with Crippen LogP contribution in [0.3, 0.4) is 0 Å². The van der Waals surface area contributed by atoms with E-state index in [4.69, 9.17) is 5.11 Å². The van der Waals surface area contributed by atoms with Crippen molar-refractivity contribution in [3.63, 3.8) is 0 Å². The lowest BCUT2D eigenvalue weighted by atomic mass is 9.85. The van der Waals surface area contributed by atoms with Crippen molar-refractivity contribution >= 4 is 11.4 Å². The topological polar surface area (TPSA) is 35.5 Å². The molecule has 1 fully saturated rings. The van der Waals surface area contributed by atoms with E-state index >= 15 is 0 Å². The zero-order valence-electron chi connectivity index (χ0n) is 11.2. The molecule has 0 saturated heterocycles. The largest absolute Gasteiger partial charge is 0.395 e. The van der Waals surface area contributed by atoms with Crippen LogP contribution in [0.2, 0.25) is 0 Å². The minimum Gasteiger partial charge on any atom is -0.395 e. The summed E-state index contributed by atoms with van der Waals surface area (Å²) in [5.74, 6) is 0.881. The fourth-order valence-electron chi connectivity index (χ4n) is 2.34. The molecular formula is C15H24N2O. The molecule has 0 bridgehead atoms. The fourth-order valence-corrected chi connectivity index (χ4v) is 2.34. The van der Waals surface area contributed by atoms with E-state index in [1.54, 1.807) is 0 Å². The lowest BCUT2D eigenvalue weighted by molar-refractivity contribution is 0.302. The van der Waals surface area contributed by atoms with E-state index in [0.717, 1.165) is 19.0 Å². The molecule has 1 aliphatic carbocycles. The minimum absolute atomic E-state index is 0.204. The Hall–Kier alpha value is -1.22. The fraction of sp³-hybridized carbons (Fsp3) is 0.600. The van der Waals surface area contributed by atoms with Gasteiger partial charge in [-0.3, -0.25) is 0 Å². The number of nitrogens with zero attached hydrogens (tertiary/aromatic N) is 1. The zero-order chi connectivity index (χ0) is 12.8. The van der Waals surface area contributed by atoms with Gasteiger partial charge in [-0.2, -0.15) is 0 Å². The highest BCUT2D eigenvalue weighted by atomic mass is 16.3. The maximum atomic E-state index is 9.01. The molecule has 0 radical (unpaired) electrons. The Morgan fingerprint density at radius 1 is 1.28 bits per heavy atom. The molecule has 0 aliphatic heterocycles. The molecule has 100 valence electrons. The molecule has 1 aliphatic rings. The number of anilines is 2. The molecule has 3 nitrogen and oxygen atoms in total. The van der Waals surface area contributed by atoms with Gasteiger partial charge in [-0.15, -0.1) is 0 Å². The van der Waals surface area contributed by atoms with Crippen LogP contribution in [0.1, 0.15) is 26.2 Å². The third kappa shape index (κ3) is 3.39. The van der Waals surface area contributed by atoms with Gasteiger partial charge in [-0.25, -0.2) is 0 Å². The van der Waals surface area contributed by atoms with E-state index in [0.29, 0.717) is 6.54 Å². The second kappa shape index (κ2) is 6.64. The molecular weight excluding hydrogens is 224 g/mol. The summed E-state index contributed by atoms with van der Waals surface area (Å²) in [7, 11) is 0. The first-order valence-corrected chi connectivity index (χ1v) is 7.03. The predicted octanol–water partition coefficient (Wildman–Crippen LogP) is 2.72. The Bertz CT molecular complexity index is 346. The Balaban J connectivity index is 1.87. The van der Waals surface area contributed by atoms with E-state index in [9.17, 15) is 0 Å². The first kappa shape index (κ1) is 13.2. The number of hydrogen-bond acceptors (Lipinski definition) is 3. The average Bonchev–Trinajstić information content (AvgIpc) is 2.35. The number of nitrogens with one attached hydrogen (secondary N) is 1. The Morgan fingerprint density at radius 3 is 2.50 bits per heavy atom. The van der Waals surface area contributed by atoms with Crippen LogP contribution in [-0.4, -0.2) is 31.3 Å². The second-order valence-electron chi connectivity index (χ2n) is 5.03. The van der Waals surface area contributed by atoms with Crippen LogP contribution in [0.25, 0.3) is 0 Å². The van der Waals surface area contributed by atoms with Gasteiger partial charge in [0.15, 0.2) is 0 Å². The van der Waals surface area contributed by atoms with Crippen LogP contribution >= 0.6 is 0 Å². The van der Waals surface area contributed by atoms with Gasteiger partial charge in [0.25, 0.3) is 0 Å². The number of rotatable bonds is 7. The van der Waals surface area contributed by atoms with E-state index < -0.39 is 0 Å². The van der Waals surface area contributed by atoms with Crippen molar-refractivity contribution in [1.82, 2.24) is 0 Å². The molecule has 0 amide bonds. The predicted molar refractivity (Wildman–Crippen MR) is 77.2 cm³/mol. The molecule has 0 heterocycles. The third-order valence-electron chi connectivity index (χ3n) is 3.80. The maximum Gasteiger partial charge on any atom is 0.0606 e. The van der Waals surface area contributed by atoms with Gasteiger partial charge < -0.3 is 15.3 Å². The Kier molecular flexibility index (Phi) is 4.88. The highest BCUT2D eigenvalue weighted by molar-refractivity contribution is 5.55. The summed E-state index contributed by atoms with van der Waals surface area (Å²) in [6.07, 6.45) is 4.16. The monoisotopic (exact) mass is 248 g/mol. The summed E-state index contributed by atoms with van der Waals surface area (Å²) in [5.41, 5.74) is 2.38. The van der Waals surface area contributed by atoms with Gasteiger partial charge in [0.1, 0.15) is 0 Å². The van der Waals surface area contributed by atoms with Crippen molar-refractivity contribution in [1.29, 1.82) is 0 Å². The lowest BCUT2D eigenvalue weighted by Crippen LogP contribution is -2.26. The number of benzene rings is 1. The van der Waals surface area contributed by atoms with Crippen LogP contribution < -0.4 is 10.2 Å². The molecule has 0 spiro atoms. The summed E-state index contributed by atoms with van der Waals surface area (Å²) < 4.78 is 0. The summed E-state index contributed by atoms with van der Waals surface area (Å²) in [6, 6.07) is 8.52. The first-order chi connectivity index (χ1) is 8.83. The van der Waals surface area contributed by atoms with Gasteiger partial charge in [0.05, 0.1) is 6.61 Å². The van der Waals surface area contributed by atoms with Crippen molar-refractivity contribution in [2.75, 3.05) is 36.5 Å². The highest BCUT2D eigenvalue weighted by Crippen LogP contribution is 2.26. The lowest BCUT2D eigenvalue weighted by Gasteiger charge is -2.26. The van der Waals surface area contributed by atoms with Gasteiger partial charge in [-0.05, 0) is 49.9 Å². The normalized spacial score (nSPS) is 15.2. The molecule has 18 heavy (non-hydrogen) atoms. The molecule has 0 aromatic heterocycles. The van der Waals surface area contributed by atoms with Crippen LogP contribution in [0, 0.1) is 5.92 Å². The second-order valence-corrected chi connectivity index (χ2v) is 5.03. The van der Waals surface area contributed by atoms with Crippen molar-refractivity contribution < 1.29 is 5.11 Å². The number of likely N-dealkylation sites (N-methyl/N-ethyl adjacent to an activating group) is 1. The average molecular weight is 248 g/mol. The van der Waals surface area contributed by atoms with E-state index in [-0.39, 0.29) is 6.61 Å². The van der Waals surface area contributed by atoms with Crippen molar-refractivity contribution in [3.8, 4) is 0 Å². The molecule has 0 atom stereocenters. The Morgan fingerprint density at radius 2 is 2.00 bits per heavy atom. The Labute approximate surface area is 110 Å². The van der Waals surface area contributed by atoms with Gasteiger partial charge >= 0.3 is 0 Å². The number of hydrogen-bond donors (Lipinski definition) is 2. The number of aliphatic hydroxyl groups excluding tert-OH is 1. The first-order valence-electron chi connectivity index (χ1n) is 7.03. The molecule has 0 unspecified atom stereocenters. The van der Waals surface area contributed by atoms with Gasteiger partial charge in [0, 0.05) is 31.0 Å². The molecule has 1 saturated carbocycles. The third-order valence-corrected chi connectivity index (χ3v) is 3.80. The molecule has 2 N–H and O–H groups in total. The summed E-state index contributed by atoms with van der Waals surface area (Å²) in [5, 5.41) is 12.5. The van der Waals surface area contributed by atoms with Crippen LogP contribution in [0.5, 0.6) is 0 Å². The van der Waals surface area contributed by atoms with Crippen LogP contribution in [-0.2, 0) is 0 Å². The summed E-state index contributed by atoms with van der Waals surface area (Å²) >= 11 is 0. The SMILES string of the molecule is CCN(CCO)c1ccc(NCC2CCC2)cc1. The molecule has 2 rings (SSSR count). The molecule has 3 heteroatoms. The zero-order valence-corrected chi connectivity index (χ0v) is 11.2. The van der Waals surface area contributed by atoms with Gasteiger partial charge in [-0.1, -0.05) is 6.42 Å². The molecule has 1 aromatic carbocycles. The standard InChI is InChI=1S/C15H24N2O/c1-2-17(10-11-18)15-8-6-14(7-9-15)16-12-13-4-3-5-13/h6-9,13,16,18H,2-5,10-12H2,1H3. The van der Waals surface area contributed by atoms with E-state index in [2.05, 4.69) is 41.4 Å². The highest BCUT2D eigenvalue weighted by Gasteiger charge is 2.16. The summed E-state index contributed by atoms with van der Waals surface area (Å²) in [4.78, 5) is 2.18. The van der Waals surface area contributed by atoms with Crippen molar-refractivity contribution in [3.05, 3.63) is 24.3 Å². The van der Waals surface area contributed by atoms with Crippen LogP contribution in [0.4, 0.5) is 11.4 Å². The quantitative estimate of drug-likeness (QED) is 0.779. The van der Waals surface area contributed by atoms with E-state index in [1.807, 2.05) is 0 Å².